The fourth-order valence-electron chi connectivity index (χ4n) is 3.10. The van der Waals surface area contributed by atoms with Crippen molar-refractivity contribution in [1.29, 1.82) is 5.26 Å². The third-order valence-electron chi connectivity index (χ3n) is 4.76. The van der Waals surface area contributed by atoms with Gasteiger partial charge < -0.3 is 19.5 Å². The SMILES string of the molecule is COc1cc(C(=O)Nc2ccc(/C(C#N)=C\c3ccc(Cl)c(Cl)c3)cc2)cc(OC)c1OC. The van der Waals surface area contributed by atoms with Crippen LogP contribution < -0.4 is 19.5 Å². The zero-order valence-electron chi connectivity index (χ0n) is 18.1. The van der Waals surface area contributed by atoms with E-state index in [0.717, 1.165) is 5.56 Å². The molecule has 6 nitrogen and oxygen atoms in total. The molecule has 1 N–H and O–H groups in total. The Morgan fingerprint density at radius 3 is 2.03 bits per heavy atom. The summed E-state index contributed by atoms with van der Waals surface area (Å²) in [6, 6.07) is 17.4. The van der Waals surface area contributed by atoms with E-state index in [1.54, 1.807) is 60.7 Å². The predicted octanol–water partition coefficient (Wildman–Crippen LogP) is 6.34. The summed E-state index contributed by atoms with van der Waals surface area (Å²) >= 11 is 12.0. The highest BCUT2D eigenvalue weighted by atomic mass is 35.5. The van der Waals surface area contributed by atoms with Crippen LogP contribution in [0.5, 0.6) is 17.2 Å². The molecule has 3 aromatic carbocycles. The van der Waals surface area contributed by atoms with Crippen molar-refractivity contribution in [3.05, 3.63) is 81.3 Å². The number of amides is 1. The highest BCUT2D eigenvalue weighted by molar-refractivity contribution is 6.42. The summed E-state index contributed by atoms with van der Waals surface area (Å²) in [4.78, 5) is 12.8. The third-order valence-corrected chi connectivity index (χ3v) is 5.49. The van der Waals surface area contributed by atoms with Gasteiger partial charge in [0.15, 0.2) is 11.5 Å². The number of carbonyl (C=O) groups is 1. The van der Waals surface area contributed by atoms with Crippen molar-refractivity contribution >= 4 is 46.4 Å². The number of halogens is 2. The van der Waals surface area contributed by atoms with E-state index >= 15 is 0 Å². The second kappa shape index (κ2) is 10.8. The zero-order chi connectivity index (χ0) is 24.0. The van der Waals surface area contributed by atoms with Gasteiger partial charge in [-0.3, -0.25) is 4.79 Å². The minimum absolute atomic E-state index is 0.339. The number of hydrogen-bond donors (Lipinski definition) is 1. The van der Waals surface area contributed by atoms with E-state index in [-0.39, 0.29) is 5.91 Å². The molecule has 3 rings (SSSR count). The Balaban J connectivity index is 1.81. The normalized spacial score (nSPS) is 10.8. The van der Waals surface area contributed by atoms with Crippen LogP contribution in [0.2, 0.25) is 10.0 Å². The second-order valence-corrected chi connectivity index (χ2v) is 7.60. The van der Waals surface area contributed by atoms with Gasteiger partial charge in [0.05, 0.1) is 43.0 Å². The van der Waals surface area contributed by atoms with Gasteiger partial charge in [-0.15, -0.1) is 0 Å². The van der Waals surface area contributed by atoms with E-state index in [9.17, 15) is 10.1 Å². The monoisotopic (exact) mass is 482 g/mol. The Kier molecular flexibility index (Phi) is 7.83. The number of anilines is 1. The van der Waals surface area contributed by atoms with Gasteiger partial charge in [-0.2, -0.15) is 5.26 Å². The van der Waals surface area contributed by atoms with Crippen LogP contribution in [0.15, 0.2) is 54.6 Å². The summed E-state index contributed by atoms with van der Waals surface area (Å²) in [5.74, 6) is 0.805. The molecule has 0 spiro atoms. The summed E-state index contributed by atoms with van der Waals surface area (Å²) in [5, 5.41) is 13.3. The Morgan fingerprint density at radius 2 is 1.52 bits per heavy atom. The van der Waals surface area contributed by atoms with Crippen molar-refractivity contribution < 1.29 is 19.0 Å². The molecule has 0 aliphatic rings. The Labute approximate surface area is 201 Å². The molecule has 0 saturated carbocycles. The standard InChI is InChI=1S/C25H20Cl2N2O4/c1-31-22-12-17(13-23(32-2)24(22)33-3)25(30)29-19-7-5-16(6-8-19)18(14-28)10-15-4-9-20(26)21(27)11-15/h4-13H,1-3H3,(H,29,30)/b18-10-. The van der Waals surface area contributed by atoms with Gasteiger partial charge in [0.25, 0.3) is 5.91 Å². The molecule has 0 fully saturated rings. The average molecular weight is 483 g/mol. The lowest BCUT2D eigenvalue weighted by molar-refractivity contribution is 0.102. The molecular formula is C25H20Cl2N2O4. The lowest BCUT2D eigenvalue weighted by atomic mass is 10.0. The Hall–Kier alpha value is -3.66. The minimum atomic E-state index is -0.353. The number of nitrogens with zero attached hydrogens (tertiary/aromatic N) is 1. The Morgan fingerprint density at radius 1 is 0.879 bits per heavy atom. The van der Waals surface area contributed by atoms with Gasteiger partial charge in [0, 0.05) is 11.3 Å². The number of ether oxygens (including phenoxy) is 3. The predicted molar refractivity (Wildman–Crippen MR) is 130 cm³/mol. The van der Waals surface area contributed by atoms with Crippen LogP contribution in [-0.2, 0) is 0 Å². The number of rotatable bonds is 7. The number of nitrogens with one attached hydrogen (secondary N) is 1. The maximum atomic E-state index is 12.8. The number of carbonyl (C=O) groups excluding carboxylic acids is 1. The molecular weight excluding hydrogens is 463 g/mol. The highest BCUT2D eigenvalue weighted by Gasteiger charge is 2.17. The van der Waals surface area contributed by atoms with E-state index in [1.807, 2.05) is 0 Å². The van der Waals surface area contributed by atoms with Crippen molar-refractivity contribution in [1.82, 2.24) is 0 Å². The highest BCUT2D eigenvalue weighted by Crippen LogP contribution is 2.38. The van der Waals surface area contributed by atoms with Crippen LogP contribution >= 0.6 is 23.2 Å². The Bertz CT molecular complexity index is 1220. The topological polar surface area (TPSA) is 80.6 Å². The molecule has 0 atom stereocenters. The average Bonchev–Trinajstić information content (AvgIpc) is 2.84. The molecule has 0 aliphatic heterocycles. The molecule has 33 heavy (non-hydrogen) atoms. The summed E-state index contributed by atoms with van der Waals surface area (Å²) in [6.45, 7) is 0. The molecule has 0 aromatic heterocycles. The van der Waals surface area contributed by atoms with Crippen LogP contribution in [-0.4, -0.2) is 27.2 Å². The van der Waals surface area contributed by atoms with Crippen LogP contribution in [0.1, 0.15) is 21.5 Å². The fourth-order valence-corrected chi connectivity index (χ4v) is 3.40. The summed E-state index contributed by atoms with van der Waals surface area (Å²) in [5.41, 5.74) is 2.78. The molecule has 0 heterocycles. The van der Waals surface area contributed by atoms with Crippen LogP contribution in [0.25, 0.3) is 11.6 Å². The van der Waals surface area contributed by atoms with Crippen molar-refractivity contribution in [2.75, 3.05) is 26.6 Å². The van der Waals surface area contributed by atoms with E-state index in [0.29, 0.717) is 49.7 Å². The van der Waals surface area contributed by atoms with Crippen molar-refractivity contribution in [2.45, 2.75) is 0 Å². The van der Waals surface area contributed by atoms with Gasteiger partial charge >= 0.3 is 0 Å². The largest absolute Gasteiger partial charge is 0.493 e. The molecule has 8 heteroatoms. The molecule has 1 amide bonds. The number of hydrogen-bond acceptors (Lipinski definition) is 5. The molecule has 0 radical (unpaired) electrons. The van der Waals surface area contributed by atoms with Gasteiger partial charge in [-0.1, -0.05) is 41.4 Å². The van der Waals surface area contributed by atoms with Gasteiger partial charge in [0.1, 0.15) is 0 Å². The van der Waals surface area contributed by atoms with Gasteiger partial charge in [-0.25, -0.2) is 0 Å². The molecule has 0 saturated heterocycles. The lowest BCUT2D eigenvalue weighted by Crippen LogP contribution is -2.12. The first-order chi connectivity index (χ1) is 15.9. The molecule has 0 aliphatic carbocycles. The molecule has 0 bridgehead atoms. The van der Waals surface area contributed by atoms with Crippen LogP contribution in [0.4, 0.5) is 5.69 Å². The first kappa shape index (κ1) is 24.0. The molecule has 3 aromatic rings. The quantitative estimate of drug-likeness (QED) is 0.314. The smallest absolute Gasteiger partial charge is 0.255 e. The van der Waals surface area contributed by atoms with Crippen LogP contribution in [0, 0.1) is 11.3 Å². The van der Waals surface area contributed by atoms with E-state index in [1.165, 1.54) is 21.3 Å². The molecule has 0 unspecified atom stereocenters. The first-order valence-electron chi connectivity index (χ1n) is 9.68. The first-order valence-corrected chi connectivity index (χ1v) is 10.4. The van der Waals surface area contributed by atoms with E-state index in [4.69, 9.17) is 37.4 Å². The number of benzene rings is 3. The minimum Gasteiger partial charge on any atom is -0.493 e. The van der Waals surface area contributed by atoms with Crippen molar-refractivity contribution in [3.63, 3.8) is 0 Å². The number of nitriles is 1. The molecule has 168 valence electrons. The summed E-state index contributed by atoms with van der Waals surface area (Å²) < 4.78 is 15.9. The van der Waals surface area contributed by atoms with Gasteiger partial charge in [-0.05, 0) is 53.6 Å². The van der Waals surface area contributed by atoms with Crippen molar-refractivity contribution in [2.24, 2.45) is 0 Å². The maximum absolute atomic E-state index is 12.8. The number of allylic oxidation sites excluding steroid dienone is 1. The second-order valence-electron chi connectivity index (χ2n) is 6.79. The van der Waals surface area contributed by atoms with Gasteiger partial charge in [0.2, 0.25) is 5.75 Å². The van der Waals surface area contributed by atoms with E-state index < -0.39 is 0 Å². The summed E-state index contributed by atoms with van der Waals surface area (Å²) in [6.07, 6.45) is 1.71. The zero-order valence-corrected chi connectivity index (χ0v) is 19.6. The van der Waals surface area contributed by atoms with E-state index in [2.05, 4.69) is 11.4 Å². The maximum Gasteiger partial charge on any atom is 0.255 e. The number of methoxy groups -OCH3 is 3. The van der Waals surface area contributed by atoms with Crippen LogP contribution in [0.3, 0.4) is 0 Å². The van der Waals surface area contributed by atoms with Crippen molar-refractivity contribution in [3.8, 4) is 23.3 Å². The third kappa shape index (κ3) is 5.58. The lowest BCUT2D eigenvalue weighted by Gasteiger charge is -2.14. The summed E-state index contributed by atoms with van der Waals surface area (Å²) in [7, 11) is 4.46. The fraction of sp³-hybridized carbons (Fsp3) is 0.120.